The van der Waals surface area contributed by atoms with Gasteiger partial charge in [-0.1, -0.05) is 32.9 Å². The van der Waals surface area contributed by atoms with Crippen LogP contribution in [0.1, 0.15) is 44.0 Å². The molecule has 2 aromatic rings. The van der Waals surface area contributed by atoms with E-state index in [9.17, 15) is 31.4 Å². The lowest BCUT2D eigenvalue weighted by Crippen LogP contribution is -2.22. The normalized spacial score (nSPS) is 13.0. The molecule has 0 bridgehead atoms. The number of hydrogen-bond donors (Lipinski definition) is 2. The van der Waals surface area contributed by atoms with Crippen molar-refractivity contribution in [2.45, 2.75) is 51.5 Å². The zero-order valence-electron chi connectivity index (χ0n) is 16.2. The van der Waals surface area contributed by atoms with Gasteiger partial charge in [-0.25, -0.2) is 0 Å². The van der Waals surface area contributed by atoms with Crippen LogP contribution in [-0.2, 0) is 18.1 Å². The summed E-state index contributed by atoms with van der Waals surface area (Å²) in [6.07, 6.45) is -8.87. The zero-order chi connectivity index (χ0) is 22.0. The second-order valence-corrected chi connectivity index (χ2v) is 7.75. The van der Waals surface area contributed by atoms with E-state index in [-0.39, 0.29) is 35.4 Å². The van der Waals surface area contributed by atoms with Crippen molar-refractivity contribution in [3.8, 4) is 16.9 Å². The molecule has 0 fully saturated rings. The zero-order valence-corrected chi connectivity index (χ0v) is 16.2. The number of alkyl halides is 6. The summed E-state index contributed by atoms with van der Waals surface area (Å²) in [5.74, 6) is -0.209. The van der Waals surface area contributed by atoms with E-state index in [1.807, 2.05) is 20.8 Å². The van der Waals surface area contributed by atoms with E-state index in [0.717, 1.165) is 17.8 Å². The van der Waals surface area contributed by atoms with Gasteiger partial charge in [0.1, 0.15) is 11.4 Å². The molecule has 0 amide bonds. The van der Waals surface area contributed by atoms with Crippen LogP contribution in [-0.4, -0.2) is 22.8 Å². The Balaban J connectivity index is 2.38. The van der Waals surface area contributed by atoms with E-state index >= 15 is 0 Å². The molecule has 0 aliphatic heterocycles. The van der Waals surface area contributed by atoms with E-state index in [1.54, 1.807) is 12.1 Å². The number of nitrogens with one attached hydrogen (secondary N) is 1. The molecule has 3 nitrogen and oxygen atoms in total. The molecule has 0 unspecified atom stereocenters. The molecule has 0 radical (unpaired) electrons. The minimum Gasteiger partial charge on any atom is -0.507 e. The summed E-state index contributed by atoms with van der Waals surface area (Å²) in [6.45, 7) is 5.39. The van der Waals surface area contributed by atoms with E-state index in [2.05, 4.69) is 10.3 Å². The summed E-state index contributed by atoms with van der Waals surface area (Å²) in [4.78, 5) is 3.41. The van der Waals surface area contributed by atoms with Crippen LogP contribution in [0.2, 0.25) is 0 Å². The molecule has 1 aromatic heterocycles. The van der Waals surface area contributed by atoms with Crippen LogP contribution < -0.4 is 5.32 Å². The van der Waals surface area contributed by atoms with Gasteiger partial charge in [-0.15, -0.1) is 0 Å². The third kappa shape index (κ3) is 6.35. The van der Waals surface area contributed by atoms with Gasteiger partial charge in [0, 0.05) is 36.0 Å². The molecule has 0 aliphatic carbocycles. The number of rotatable bonds is 5. The van der Waals surface area contributed by atoms with Crippen molar-refractivity contribution in [1.29, 1.82) is 0 Å². The van der Waals surface area contributed by atoms with E-state index in [0.29, 0.717) is 5.56 Å². The molecule has 2 N–H and O–H groups in total. The maximum atomic E-state index is 12.7. The van der Waals surface area contributed by atoms with Crippen molar-refractivity contribution in [2.75, 3.05) is 6.54 Å². The highest BCUT2D eigenvalue weighted by atomic mass is 19.4. The van der Waals surface area contributed by atoms with E-state index in [1.165, 1.54) is 6.07 Å². The monoisotopic (exact) mass is 420 g/mol. The van der Waals surface area contributed by atoms with Gasteiger partial charge in [0.25, 0.3) is 0 Å². The minimum absolute atomic E-state index is 0.0209. The SMILES string of the molecule is CC(C)(C)c1cc(CNCCC(F)(F)F)c(O)c(-c2ccc(C(F)(F)F)nc2)c1. The van der Waals surface area contributed by atoms with Crippen LogP contribution in [0.5, 0.6) is 5.75 Å². The third-order valence-electron chi connectivity index (χ3n) is 4.32. The highest BCUT2D eigenvalue weighted by molar-refractivity contribution is 5.72. The number of pyridine rings is 1. The van der Waals surface area contributed by atoms with Crippen LogP contribution in [0.25, 0.3) is 11.1 Å². The molecule has 160 valence electrons. The molecule has 1 aromatic carbocycles. The predicted octanol–water partition coefficient (Wildman–Crippen LogP) is 5.81. The molecule has 29 heavy (non-hydrogen) atoms. The van der Waals surface area contributed by atoms with Crippen molar-refractivity contribution in [2.24, 2.45) is 0 Å². The number of nitrogens with zero attached hydrogens (tertiary/aromatic N) is 1. The number of phenolic OH excluding ortho intramolecular Hbond substituents is 1. The second-order valence-electron chi connectivity index (χ2n) is 7.75. The molecule has 0 aliphatic rings. The average molecular weight is 420 g/mol. The smallest absolute Gasteiger partial charge is 0.433 e. The molecular weight excluding hydrogens is 398 g/mol. The van der Waals surface area contributed by atoms with Crippen LogP contribution in [0.4, 0.5) is 26.3 Å². The Hall–Kier alpha value is -2.29. The maximum Gasteiger partial charge on any atom is 0.433 e. The number of phenols is 1. The van der Waals surface area contributed by atoms with Gasteiger partial charge in [-0.05, 0) is 23.1 Å². The lowest BCUT2D eigenvalue weighted by molar-refractivity contribution is -0.141. The highest BCUT2D eigenvalue weighted by Crippen LogP contribution is 2.38. The third-order valence-corrected chi connectivity index (χ3v) is 4.32. The second kappa shape index (κ2) is 8.22. The number of aromatic hydroxyl groups is 1. The van der Waals surface area contributed by atoms with Crippen LogP contribution in [0.3, 0.4) is 0 Å². The van der Waals surface area contributed by atoms with Gasteiger partial charge in [-0.3, -0.25) is 4.98 Å². The van der Waals surface area contributed by atoms with Gasteiger partial charge >= 0.3 is 12.4 Å². The van der Waals surface area contributed by atoms with Gasteiger partial charge in [0.15, 0.2) is 0 Å². The molecule has 9 heteroatoms. The fourth-order valence-electron chi connectivity index (χ4n) is 2.66. The first-order valence-corrected chi connectivity index (χ1v) is 8.86. The molecule has 0 saturated heterocycles. The Morgan fingerprint density at radius 3 is 2.14 bits per heavy atom. The first-order valence-electron chi connectivity index (χ1n) is 8.86. The van der Waals surface area contributed by atoms with E-state index in [4.69, 9.17) is 0 Å². The molecule has 0 saturated carbocycles. The van der Waals surface area contributed by atoms with Crippen molar-refractivity contribution < 1.29 is 31.4 Å². The summed E-state index contributed by atoms with van der Waals surface area (Å²) < 4.78 is 75.1. The Kier molecular flexibility index (Phi) is 6.51. The largest absolute Gasteiger partial charge is 0.507 e. The van der Waals surface area contributed by atoms with Crippen LogP contribution in [0, 0.1) is 0 Å². The van der Waals surface area contributed by atoms with Crippen molar-refractivity contribution in [3.63, 3.8) is 0 Å². The van der Waals surface area contributed by atoms with Crippen molar-refractivity contribution in [1.82, 2.24) is 10.3 Å². The molecule has 2 rings (SSSR count). The molecule has 0 spiro atoms. The van der Waals surface area contributed by atoms with Crippen LogP contribution >= 0.6 is 0 Å². The summed E-state index contributed by atoms with van der Waals surface area (Å²) in [5, 5.41) is 13.2. The molecule has 1 heterocycles. The van der Waals surface area contributed by atoms with Gasteiger partial charge in [0.2, 0.25) is 0 Å². The standard InChI is InChI=1S/C20H22F6N2O/c1-18(2,3)14-8-13(10-27-7-6-19(21,22)23)17(29)15(9-14)12-4-5-16(28-11-12)20(24,25)26/h4-5,8-9,11,27,29H,6-7,10H2,1-3H3. The molecular formula is C20H22F6N2O. The van der Waals surface area contributed by atoms with Gasteiger partial charge < -0.3 is 10.4 Å². The van der Waals surface area contributed by atoms with Crippen molar-refractivity contribution in [3.05, 3.63) is 47.3 Å². The fraction of sp³-hybridized carbons (Fsp3) is 0.450. The first-order chi connectivity index (χ1) is 13.2. The summed E-state index contributed by atoms with van der Waals surface area (Å²) >= 11 is 0. The van der Waals surface area contributed by atoms with Gasteiger partial charge in [-0.2, -0.15) is 26.3 Å². The highest BCUT2D eigenvalue weighted by Gasteiger charge is 2.32. The van der Waals surface area contributed by atoms with Gasteiger partial charge in [0.05, 0.1) is 6.42 Å². The maximum absolute atomic E-state index is 12.7. The minimum atomic E-state index is -4.58. The topological polar surface area (TPSA) is 45.1 Å². The quantitative estimate of drug-likeness (QED) is 0.474. The van der Waals surface area contributed by atoms with Crippen LogP contribution in [0.15, 0.2) is 30.5 Å². The lowest BCUT2D eigenvalue weighted by Gasteiger charge is -2.23. The summed E-state index contributed by atoms with van der Waals surface area (Å²) in [6, 6.07) is 5.35. The van der Waals surface area contributed by atoms with E-state index < -0.39 is 24.5 Å². The Morgan fingerprint density at radius 1 is 1.00 bits per heavy atom. The Bertz CT molecular complexity index is 836. The number of aromatic nitrogens is 1. The fourth-order valence-corrected chi connectivity index (χ4v) is 2.66. The summed E-state index contributed by atoms with van der Waals surface area (Å²) in [7, 11) is 0. The number of halogens is 6. The Morgan fingerprint density at radius 2 is 1.66 bits per heavy atom. The number of benzene rings is 1. The number of hydrogen-bond acceptors (Lipinski definition) is 3. The first kappa shape index (κ1) is 23.0. The summed E-state index contributed by atoms with van der Waals surface area (Å²) in [5.41, 5.74) is 0.265. The lowest BCUT2D eigenvalue weighted by atomic mass is 9.84. The molecule has 0 atom stereocenters. The van der Waals surface area contributed by atoms with Crippen molar-refractivity contribution >= 4 is 0 Å². The average Bonchev–Trinajstić information content (AvgIpc) is 2.57. The Labute approximate surface area is 164 Å². The predicted molar refractivity (Wildman–Crippen MR) is 97.4 cm³/mol.